The van der Waals surface area contributed by atoms with Gasteiger partial charge < -0.3 is 10.6 Å². The Kier molecular flexibility index (Phi) is 3.43. The Balaban J connectivity index is 3.47. The predicted octanol–water partition coefficient (Wildman–Crippen LogP) is -1.32. The van der Waals surface area contributed by atoms with Crippen LogP contribution < -0.4 is 10.6 Å². The van der Waals surface area contributed by atoms with Crippen LogP contribution in [0.3, 0.4) is 0 Å². The molecule has 9 heavy (non-hydrogen) atoms. The standard InChI is InChI=1S/C5H9N2O2/c1-6-4(8)3-5(9)7-2/h3H,1-2H3,(H,6,8)(H,7,9). The minimum absolute atomic E-state index is 0.394. The van der Waals surface area contributed by atoms with Crippen LogP contribution in [0.5, 0.6) is 0 Å². The highest BCUT2D eigenvalue weighted by Gasteiger charge is 2.04. The fourth-order valence-corrected chi connectivity index (χ4v) is 0.263. The largest absolute Gasteiger partial charge is 0.358 e. The van der Waals surface area contributed by atoms with E-state index in [0.29, 0.717) is 0 Å². The summed E-state index contributed by atoms with van der Waals surface area (Å²) < 4.78 is 0. The first-order valence-corrected chi connectivity index (χ1v) is 2.49. The van der Waals surface area contributed by atoms with Gasteiger partial charge in [-0.05, 0) is 0 Å². The SMILES string of the molecule is CNC(=O)[CH]C(=O)NC. The second-order valence-corrected chi connectivity index (χ2v) is 1.37. The van der Waals surface area contributed by atoms with Crippen molar-refractivity contribution in [2.45, 2.75) is 0 Å². The first kappa shape index (κ1) is 7.94. The van der Waals surface area contributed by atoms with E-state index < -0.39 is 11.8 Å². The van der Waals surface area contributed by atoms with E-state index in [1.165, 1.54) is 14.1 Å². The topological polar surface area (TPSA) is 58.2 Å². The second-order valence-electron chi connectivity index (χ2n) is 1.37. The zero-order chi connectivity index (χ0) is 7.28. The lowest BCUT2D eigenvalue weighted by atomic mass is 10.4. The lowest BCUT2D eigenvalue weighted by Gasteiger charge is -1.95. The van der Waals surface area contributed by atoms with E-state index >= 15 is 0 Å². The van der Waals surface area contributed by atoms with Crippen LogP contribution in [0.1, 0.15) is 0 Å². The van der Waals surface area contributed by atoms with Gasteiger partial charge in [-0.1, -0.05) is 0 Å². The first-order chi connectivity index (χ1) is 4.20. The Hall–Kier alpha value is -1.06. The summed E-state index contributed by atoms with van der Waals surface area (Å²) in [4.78, 5) is 20.7. The molecular formula is C5H9N2O2. The lowest BCUT2D eigenvalue weighted by molar-refractivity contribution is -0.123. The third-order valence-corrected chi connectivity index (χ3v) is 0.755. The molecule has 0 aliphatic rings. The van der Waals surface area contributed by atoms with E-state index in [0.717, 1.165) is 6.42 Å². The molecule has 0 aromatic heterocycles. The van der Waals surface area contributed by atoms with Gasteiger partial charge in [0.1, 0.15) is 6.42 Å². The quantitative estimate of drug-likeness (QED) is 0.454. The molecule has 0 aliphatic carbocycles. The van der Waals surface area contributed by atoms with Crippen LogP contribution in [0.25, 0.3) is 0 Å². The number of rotatable bonds is 2. The van der Waals surface area contributed by atoms with E-state index in [1.807, 2.05) is 0 Å². The molecule has 1 radical (unpaired) electrons. The van der Waals surface area contributed by atoms with Gasteiger partial charge >= 0.3 is 0 Å². The van der Waals surface area contributed by atoms with Gasteiger partial charge in [-0.25, -0.2) is 0 Å². The Morgan fingerprint density at radius 1 is 1.11 bits per heavy atom. The fraction of sp³-hybridized carbons (Fsp3) is 0.400. The zero-order valence-corrected chi connectivity index (χ0v) is 5.39. The van der Waals surface area contributed by atoms with Gasteiger partial charge in [-0.2, -0.15) is 0 Å². The van der Waals surface area contributed by atoms with Crippen molar-refractivity contribution in [3.05, 3.63) is 6.42 Å². The molecule has 0 aromatic carbocycles. The molecule has 0 atom stereocenters. The van der Waals surface area contributed by atoms with E-state index in [-0.39, 0.29) is 0 Å². The van der Waals surface area contributed by atoms with Crippen molar-refractivity contribution in [2.24, 2.45) is 0 Å². The summed E-state index contributed by atoms with van der Waals surface area (Å²) in [5.74, 6) is -0.788. The average molecular weight is 129 g/mol. The van der Waals surface area contributed by atoms with Gasteiger partial charge in [-0.15, -0.1) is 0 Å². The summed E-state index contributed by atoms with van der Waals surface area (Å²) in [6, 6.07) is 0. The summed E-state index contributed by atoms with van der Waals surface area (Å²) in [7, 11) is 2.92. The molecule has 0 rings (SSSR count). The van der Waals surface area contributed by atoms with Crippen molar-refractivity contribution in [2.75, 3.05) is 14.1 Å². The van der Waals surface area contributed by atoms with Crippen molar-refractivity contribution in [1.82, 2.24) is 10.6 Å². The van der Waals surface area contributed by atoms with E-state index in [2.05, 4.69) is 10.6 Å². The monoisotopic (exact) mass is 129 g/mol. The van der Waals surface area contributed by atoms with Crippen LogP contribution in [0.15, 0.2) is 0 Å². The molecule has 4 heteroatoms. The molecule has 0 bridgehead atoms. The minimum Gasteiger partial charge on any atom is -0.358 e. The third kappa shape index (κ3) is 3.52. The second kappa shape index (κ2) is 3.88. The molecular weight excluding hydrogens is 120 g/mol. The maximum Gasteiger partial charge on any atom is 0.233 e. The van der Waals surface area contributed by atoms with Crippen molar-refractivity contribution in [3.8, 4) is 0 Å². The molecule has 0 spiro atoms. The normalized spacial score (nSPS) is 8.22. The summed E-state index contributed by atoms with van der Waals surface area (Å²) in [5.41, 5.74) is 0. The average Bonchev–Trinajstić information content (AvgIpc) is 1.87. The van der Waals surface area contributed by atoms with Gasteiger partial charge in [0.05, 0.1) is 0 Å². The van der Waals surface area contributed by atoms with Crippen LogP contribution in [0.2, 0.25) is 0 Å². The smallest absolute Gasteiger partial charge is 0.233 e. The Morgan fingerprint density at radius 2 is 1.44 bits per heavy atom. The zero-order valence-electron chi connectivity index (χ0n) is 5.39. The van der Waals surface area contributed by atoms with Crippen LogP contribution in [0, 0.1) is 6.42 Å². The van der Waals surface area contributed by atoms with E-state index in [1.54, 1.807) is 0 Å². The Morgan fingerprint density at radius 3 is 1.67 bits per heavy atom. The minimum atomic E-state index is -0.394. The predicted molar refractivity (Wildman–Crippen MR) is 32.4 cm³/mol. The number of hydrogen-bond donors (Lipinski definition) is 2. The van der Waals surface area contributed by atoms with Gasteiger partial charge in [0.2, 0.25) is 11.8 Å². The van der Waals surface area contributed by atoms with Crippen molar-refractivity contribution >= 4 is 11.8 Å². The van der Waals surface area contributed by atoms with Gasteiger partial charge in [0.25, 0.3) is 0 Å². The molecule has 0 aromatic rings. The number of hydrogen-bond acceptors (Lipinski definition) is 2. The van der Waals surface area contributed by atoms with Crippen molar-refractivity contribution in [3.63, 3.8) is 0 Å². The molecule has 2 amide bonds. The Bertz CT molecular complexity index is 108. The lowest BCUT2D eigenvalue weighted by Crippen LogP contribution is -2.28. The molecule has 0 fully saturated rings. The summed E-state index contributed by atoms with van der Waals surface area (Å²) in [5, 5.41) is 4.55. The number of carbonyl (C=O) groups is 2. The summed E-state index contributed by atoms with van der Waals surface area (Å²) in [6.07, 6.45) is 0.944. The molecule has 4 nitrogen and oxygen atoms in total. The number of nitrogens with one attached hydrogen (secondary N) is 2. The highest BCUT2D eigenvalue weighted by molar-refractivity contribution is 6.08. The van der Waals surface area contributed by atoms with E-state index in [9.17, 15) is 9.59 Å². The van der Waals surface area contributed by atoms with Crippen LogP contribution >= 0.6 is 0 Å². The summed E-state index contributed by atoms with van der Waals surface area (Å²) >= 11 is 0. The summed E-state index contributed by atoms with van der Waals surface area (Å²) in [6.45, 7) is 0. The van der Waals surface area contributed by atoms with Crippen molar-refractivity contribution < 1.29 is 9.59 Å². The van der Waals surface area contributed by atoms with E-state index in [4.69, 9.17) is 0 Å². The van der Waals surface area contributed by atoms with Crippen molar-refractivity contribution in [1.29, 1.82) is 0 Å². The number of amides is 2. The maximum atomic E-state index is 10.4. The fourth-order valence-electron chi connectivity index (χ4n) is 0.263. The molecule has 0 aliphatic heterocycles. The van der Waals surface area contributed by atoms with Crippen LogP contribution in [0.4, 0.5) is 0 Å². The molecule has 51 valence electrons. The highest BCUT2D eigenvalue weighted by Crippen LogP contribution is 1.73. The highest BCUT2D eigenvalue weighted by atomic mass is 16.2. The van der Waals surface area contributed by atoms with Crippen LogP contribution in [-0.4, -0.2) is 25.9 Å². The Labute approximate surface area is 53.6 Å². The third-order valence-electron chi connectivity index (χ3n) is 0.755. The molecule has 0 saturated carbocycles. The van der Waals surface area contributed by atoms with Gasteiger partial charge in [0.15, 0.2) is 0 Å². The molecule has 0 unspecified atom stereocenters. The maximum absolute atomic E-state index is 10.4. The van der Waals surface area contributed by atoms with Gasteiger partial charge in [-0.3, -0.25) is 9.59 Å². The number of carbonyl (C=O) groups excluding carboxylic acids is 2. The van der Waals surface area contributed by atoms with Crippen LogP contribution in [-0.2, 0) is 9.59 Å². The molecule has 0 saturated heterocycles. The molecule has 0 heterocycles. The first-order valence-electron chi connectivity index (χ1n) is 2.49. The molecule has 2 N–H and O–H groups in total. The van der Waals surface area contributed by atoms with Gasteiger partial charge in [0, 0.05) is 14.1 Å².